The molecule has 3 rings (SSSR count). The molecule has 2 heterocycles. The molecule has 8 heteroatoms. The zero-order valence-corrected chi connectivity index (χ0v) is 14.3. The summed E-state index contributed by atoms with van der Waals surface area (Å²) >= 11 is 11.7. The molecule has 25 heavy (non-hydrogen) atoms. The second-order valence-corrected chi connectivity index (χ2v) is 5.88. The highest BCUT2D eigenvalue weighted by Gasteiger charge is 2.09. The number of hydrogen-bond acceptors (Lipinski definition) is 5. The first-order chi connectivity index (χ1) is 12.0. The van der Waals surface area contributed by atoms with E-state index in [1.165, 1.54) is 16.5 Å². The average Bonchev–Trinajstić information content (AvgIpc) is 2.59. The average molecular weight is 379 g/mol. The maximum atomic E-state index is 12.0. The molecule has 0 fully saturated rings. The fourth-order valence-corrected chi connectivity index (χ4v) is 2.57. The Morgan fingerprint density at radius 3 is 2.80 bits per heavy atom. The van der Waals surface area contributed by atoms with Crippen LogP contribution in [0.1, 0.15) is 5.69 Å². The Bertz CT molecular complexity index is 988. The van der Waals surface area contributed by atoms with Crippen LogP contribution in [-0.4, -0.2) is 22.0 Å². The van der Waals surface area contributed by atoms with Crippen molar-refractivity contribution in [2.24, 2.45) is 0 Å². The van der Waals surface area contributed by atoms with E-state index in [2.05, 4.69) is 4.98 Å². The minimum absolute atomic E-state index is 0.128. The fourth-order valence-electron chi connectivity index (χ4n) is 2.10. The van der Waals surface area contributed by atoms with Crippen LogP contribution in [0.3, 0.4) is 0 Å². The highest BCUT2D eigenvalue weighted by molar-refractivity contribution is 6.35. The molecule has 0 spiro atoms. The molecule has 6 nitrogen and oxygen atoms in total. The van der Waals surface area contributed by atoms with Gasteiger partial charge in [-0.25, -0.2) is 9.78 Å². The van der Waals surface area contributed by atoms with Crippen molar-refractivity contribution in [2.75, 3.05) is 6.61 Å². The molecule has 0 atom stereocenters. The molecule has 0 radical (unpaired) electrons. The fraction of sp³-hybridized carbons (Fsp3) is 0.118. The van der Waals surface area contributed by atoms with Crippen LogP contribution in [0.15, 0.2) is 53.5 Å². The van der Waals surface area contributed by atoms with E-state index in [4.69, 9.17) is 32.7 Å². The van der Waals surface area contributed by atoms with Gasteiger partial charge in [-0.15, -0.1) is 0 Å². The molecular weight excluding hydrogens is 367 g/mol. The number of aromatic nitrogens is 2. The number of carbonyl (C=O) groups is 1. The lowest BCUT2D eigenvalue weighted by Crippen LogP contribution is -2.18. The Morgan fingerprint density at radius 1 is 1.16 bits per heavy atom. The number of nitrogens with zero attached hydrogens (tertiary/aromatic N) is 2. The zero-order chi connectivity index (χ0) is 17.8. The van der Waals surface area contributed by atoms with Gasteiger partial charge in [-0.1, -0.05) is 29.3 Å². The van der Waals surface area contributed by atoms with Crippen molar-refractivity contribution in [1.82, 2.24) is 9.38 Å². The lowest BCUT2D eigenvalue weighted by atomic mass is 10.3. The van der Waals surface area contributed by atoms with Gasteiger partial charge in [0.2, 0.25) is 0 Å². The Kier molecular flexibility index (Phi) is 5.21. The number of halogens is 2. The standard InChI is InChI=1S/C17H12Cl2N2O4/c18-11-4-5-14(13(19)7-11)24-10-17(23)25-9-12-8-16(22)21-6-2-1-3-15(21)20-12/h1-8H,9-10H2. The highest BCUT2D eigenvalue weighted by Crippen LogP contribution is 2.27. The molecular formula is C17H12Cl2N2O4. The SMILES string of the molecule is O=C(COc1ccc(Cl)cc1Cl)OCc1cc(=O)n2ccccc2n1. The van der Waals surface area contributed by atoms with E-state index in [1.807, 2.05) is 0 Å². The summed E-state index contributed by atoms with van der Waals surface area (Å²) in [4.78, 5) is 28.0. The molecule has 0 aliphatic rings. The third-order valence-corrected chi connectivity index (χ3v) is 3.77. The number of fused-ring (bicyclic) bond motifs is 1. The van der Waals surface area contributed by atoms with Crippen molar-refractivity contribution < 1.29 is 14.3 Å². The van der Waals surface area contributed by atoms with Crippen molar-refractivity contribution in [2.45, 2.75) is 6.61 Å². The normalized spacial score (nSPS) is 10.6. The summed E-state index contributed by atoms with van der Waals surface area (Å²) in [5.74, 6) is -0.286. The molecule has 0 unspecified atom stereocenters. The van der Waals surface area contributed by atoms with Gasteiger partial charge < -0.3 is 9.47 Å². The summed E-state index contributed by atoms with van der Waals surface area (Å²) < 4.78 is 11.8. The number of ether oxygens (including phenoxy) is 2. The molecule has 0 aliphatic carbocycles. The van der Waals surface area contributed by atoms with Crippen molar-refractivity contribution in [3.8, 4) is 5.75 Å². The van der Waals surface area contributed by atoms with Crippen LogP contribution >= 0.6 is 23.2 Å². The molecule has 0 bridgehead atoms. The van der Waals surface area contributed by atoms with Crippen LogP contribution in [0, 0.1) is 0 Å². The van der Waals surface area contributed by atoms with Gasteiger partial charge >= 0.3 is 5.97 Å². The lowest BCUT2D eigenvalue weighted by Gasteiger charge is -2.09. The van der Waals surface area contributed by atoms with Gasteiger partial charge in [-0.3, -0.25) is 9.20 Å². The van der Waals surface area contributed by atoms with Crippen LogP contribution in [0.25, 0.3) is 5.65 Å². The molecule has 0 amide bonds. The quantitative estimate of drug-likeness (QED) is 0.637. The van der Waals surface area contributed by atoms with Crippen molar-refractivity contribution >= 4 is 34.8 Å². The first kappa shape index (κ1) is 17.3. The molecule has 1 aromatic carbocycles. The summed E-state index contributed by atoms with van der Waals surface area (Å²) in [5, 5.41) is 0.762. The Labute approximate surface area is 152 Å². The van der Waals surface area contributed by atoms with Crippen LogP contribution in [0.4, 0.5) is 0 Å². The molecule has 2 aromatic heterocycles. The maximum Gasteiger partial charge on any atom is 0.344 e. The summed E-state index contributed by atoms with van der Waals surface area (Å²) in [6, 6.07) is 11.2. The van der Waals surface area contributed by atoms with Crippen molar-refractivity contribution in [1.29, 1.82) is 0 Å². The largest absolute Gasteiger partial charge is 0.480 e. The minimum Gasteiger partial charge on any atom is -0.480 e. The highest BCUT2D eigenvalue weighted by atomic mass is 35.5. The first-order valence-electron chi connectivity index (χ1n) is 7.24. The molecule has 3 aromatic rings. The predicted molar refractivity (Wildman–Crippen MR) is 93.2 cm³/mol. The zero-order valence-electron chi connectivity index (χ0n) is 12.8. The second-order valence-electron chi connectivity index (χ2n) is 5.04. The first-order valence-corrected chi connectivity index (χ1v) is 7.99. The van der Waals surface area contributed by atoms with Crippen LogP contribution in [0.5, 0.6) is 5.75 Å². The Morgan fingerprint density at radius 2 is 2.00 bits per heavy atom. The molecule has 0 saturated carbocycles. The number of carbonyl (C=O) groups excluding carboxylic acids is 1. The van der Waals surface area contributed by atoms with Crippen LogP contribution in [0.2, 0.25) is 10.0 Å². The summed E-state index contributed by atoms with van der Waals surface area (Å²) in [5.41, 5.74) is 0.583. The summed E-state index contributed by atoms with van der Waals surface area (Å²) in [7, 11) is 0. The Hall–Kier alpha value is -2.57. The van der Waals surface area contributed by atoms with Gasteiger partial charge in [-0.05, 0) is 30.3 Å². The van der Waals surface area contributed by atoms with Gasteiger partial charge in [0.05, 0.1) is 10.7 Å². The molecule has 0 aliphatic heterocycles. The third-order valence-electron chi connectivity index (χ3n) is 3.24. The number of benzene rings is 1. The van der Waals surface area contributed by atoms with Crippen molar-refractivity contribution in [3.63, 3.8) is 0 Å². The lowest BCUT2D eigenvalue weighted by molar-refractivity contribution is -0.147. The molecule has 128 valence electrons. The topological polar surface area (TPSA) is 69.9 Å². The van der Waals surface area contributed by atoms with E-state index in [9.17, 15) is 9.59 Å². The number of rotatable bonds is 5. The maximum absolute atomic E-state index is 12.0. The molecule has 0 saturated heterocycles. The van der Waals surface area contributed by atoms with E-state index in [0.717, 1.165) is 0 Å². The number of pyridine rings is 1. The third kappa shape index (κ3) is 4.29. The van der Waals surface area contributed by atoms with Gasteiger partial charge in [0, 0.05) is 17.3 Å². The van der Waals surface area contributed by atoms with E-state index in [1.54, 1.807) is 36.5 Å². The monoisotopic (exact) mass is 378 g/mol. The molecule has 0 N–H and O–H groups in total. The summed E-state index contributed by atoms with van der Waals surface area (Å²) in [6.07, 6.45) is 1.62. The van der Waals surface area contributed by atoms with E-state index in [0.29, 0.717) is 27.1 Å². The van der Waals surface area contributed by atoms with Crippen LogP contribution < -0.4 is 10.3 Å². The van der Waals surface area contributed by atoms with Crippen molar-refractivity contribution in [3.05, 3.63) is 74.8 Å². The number of hydrogen-bond donors (Lipinski definition) is 0. The van der Waals surface area contributed by atoms with E-state index >= 15 is 0 Å². The minimum atomic E-state index is -0.610. The van der Waals surface area contributed by atoms with E-state index < -0.39 is 5.97 Å². The van der Waals surface area contributed by atoms with Crippen LogP contribution in [-0.2, 0) is 16.1 Å². The van der Waals surface area contributed by atoms with Gasteiger partial charge in [0.25, 0.3) is 5.56 Å². The van der Waals surface area contributed by atoms with E-state index in [-0.39, 0.29) is 18.8 Å². The number of esters is 1. The van der Waals surface area contributed by atoms with Gasteiger partial charge in [-0.2, -0.15) is 0 Å². The summed E-state index contributed by atoms with van der Waals surface area (Å²) in [6.45, 7) is -0.453. The predicted octanol–water partition coefficient (Wildman–Crippen LogP) is 3.12. The van der Waals surface area contributed by atoms with Gasteiger partial charge in [0.1, 0.15) is 18.0 Å². The second kappa shape index (κ2) is 7.55. The smallest absolute Gasteiger partial charge is 0.344 e. The van der Waals surface area contributed by atoms with Gasteiger partial charge in [0.15, 0.2) is 6.61 Å². The Balaban J connectivity index is 1.60.